The number of methoxy groups -OCH3 is 1. The summed E-state index contributed by atoms with van der Waals surface area (Å²) in [5, 5.41) is 0. The van der Waals surface area contributed by atoms with Crippen molar-refractivity contribution in [3.63, 3.8) is 0 Å². The van der Waals surface area contributed by atoms with Crippen molar-refractivity contribution in [2.75, 3.05) is 7.11 Å². The van der Waals surface area contributed by atoms with Gasteiger partial charge in [-0.25, -0.2) is 10.8 Å². The third-order valence-electron chi connectivity index (χ3n) is 2.62. The number of nitrogen functional groups attached to an aromatic ring is 1. The van der Waals surface area contributed by atoms with Gasteiger partial charge in [0.2, 0.25) is 0 Å². The lowest BCUT2D eigenvalue weighted by Crippen LogP contribution is -2.30. The molecule has 0 atom stereocenters. The summed E-state index contributed by atoms with van der Waals surface area (Å²) in [5.41, 5.74) is 2.90. The van der Waals surface area contributed by atoms with Crippen LogP contribution < -0.4 is 20.7 Å². The van der Waals surface area contributed by atoms with Crippen LogP contribution in [0.2, 0.25) is 0 Å². The van der Waals surface area contributed by atoms with Crippen LogP contribution in [0.1, 0.15) is 16.2 Å². The number of amides is 1. The van der Waals surface area contributed by atoms with Gasteiger partial charge in [-0.05, 0) is 24.3 Å². The summed E-state index contributed by atoms with van der Waals surface area (Å²) in [6, 6.07) is 12.4. The summed E-state index contributed by atoms with van der Waals surface area (Å²) in [6.07, 6.45) is 0. The first-order chi connectivity index (χ1) is 9.74. The van der Waals surface area contributed by atoms with Crippen molar-refractivity contribution in [2.24, 2.45) is 5.84 Å². The van der Waals surface area contributed by atoms with Gasteiger partial charge in [-0.15, -0.1) is 0 Å². The number of ether oxygens (including phenoxy) is 2. The number of hydrazine groups is 1. The van der Waals surface area contributed by atoms with E-state index in [1.807, 2.05) is 17.6 Å². The van der Waals surface area contributed by atoms with E-state index in [4.69, 9.17) is 15.3 Å². The predicted molar refractivity (Wildman–Crippen MR) is 73.2 cm³/mol. The second kappa shape index (κ2) is 6.53. The number of carbonyl (C=O) groups is 1. The van der Waals surface area contributed by atoms with Crippen molar-refractivity contribution in [3.05, 3.63) is 53.9 Å². The van der Waals surface area contributed by atoms with Gasteiger partial charge < -0.3 is 9.47 Å². The van der Waals surface area contributed by atoms with Crippen molar-refractivity contribution in [1.29, 1.82) is 0 Å². The van der Waals surface area contributed by atoms with Crippen LogP contribution in [0.15, 0.2) is 42.5 Å². The van der Waals surface area contributed by atoms with E-state index >= 15 is 0 Å². The molecular weight excluding hydrogens is 258 g/mol. The zero-order chi connectivity index (χ0) is 14.4. The number of benzene rings is 1. The van der Waals surface area contributed by atoms with Crippen molar-refractivity contribution in [1.82, 2.24) is 10.4 Å². The smallest absolute Gasteiger partial charge is 0.283 e. The summed E-state index contributed by atoms with van der Waals surface area (Å²) in [4.78, 5) is 15.5. The average molecular weight is 273 g/mol. The Balaban J connectivity index is 2.09. The van der Waals surface area contributed by atoms with Crippen LogP contribution >= 0.6 is 0 Å². The molecule has 0 radical (unpaired) electrons. The molecule has 20 heavy (non-hydrogen) atoms. The summed E-state index contributed by atoms with van der Waals surface area (Å²) in [6.45, 7) is 0.228. The fourth-order valence-corrected chi connectivity index (χ4v) is 1.65. The molecule has 0 spiro atoms. The second-order valence-electron chi connectivity index (χ2n) is 3.93. The normalized spacial score (nSPS) is 9.90. The molecule has 1 heterocycles. The fourth-order valence-electron chi connectivity index (χ4n) is 1.65. The largest absolute Gasteiger partial charge is 0.493 e. The standard InChI is InChI=1S/C14H15N3O3/c1-19-12-7-2-3-8-13(12)20-9-10-5-4-6-11(16-10)14(18)17-15/h2-8H,9,15H2,1H3,(H,17,18). The van der Waals surface area contributed by atoms with Crippen molar-refractivity contribution < 1.29 is 14.3 Å². The molecule has 0 aliphatic carbocycles. The topological polar surface area (TPSA) is 86.5 Å². The van der Waals surface area contributed by atoms with E-state index in [0.29, 0.717) is 17.2 Å². The Bertz CT molecular complexity index is 602. The van der Waals surface area contributed by atoms with Crippen LogP contribution in [0.25, 0.3) is 0 Å². The molecule has 0 bridgehead atoms. The van der Waals surface area contributed by atoms with Crippen molar-refractivity contribution >= 4 is 5.91 Å². The first kappa shape index (κ1) is 13.8. The quantitative estimate of drug-likeness (QED) is 0.487. The van der Waals surface area contributed by atoms with Crippen LogP contribution in [0.5, 0.6) is 11.5 Å². The molecule has 2 rings (SSSR count). The number of para-hydroxylation sites is 2. The van der Waals surface area contributed by atoms with Gasteiger partial charge in [0.1, 0.15) is 12.3 Å². The Morgan fingerprint density at radius 2 is 1.95 bits per heavy atom. The molecule has 1 aromatic heterocycles. The second-order valence-corrected chi connectivity index (χ2v) is 3.93. The Morgan fingerprint density at radius 3 is 2.65 bits per heavy atom. The molecule has 0 saturated carbocycles. The highest BCUT2D eigenvalue weighted by Gasteiger charge is 2.07. The zero-order valence-electron chi connectivity index (χ0n) is 11.0. The van der Waals surface area contributed by atoms with E-state index in [9.17, 15) is 4.79 Å². The molecule has 3 N–H and O–H groups in total. The summed E-state index contributed by atoms with van der Waals surface area (Å²) < 4.78 is 10.8. The molecule has 0 aliphatic rings. The van der Waals surface area contributed by atoms with Gasteiger partial charge in [-0.1, -0.05) is 18.2 Å². The van der Waals surface area contributed by atoms with Crippen LogP contribution in [0.4, 0.5) is 0 Å². The maximum atomic E-state index is 11.4. The van der Waals surface area contributed by atoms with E-state index in [0.717, 1.165) is 0 Å². The predicted octanol–water partition coefficient (Wildman–Crippen LogP) is 1.27. The summed E-state index contributed by atoms with van der Waals surface area (Å²) in [7, 11) is 1.58. The van der Waals surface area contributed by atoms with E-state index in [1.54, 1.807) is 37.4 Å². The van der Waals surface area contributed by atoms with Gasteiger partial charge >= 0.3 is 0 Å². The minimum Gasteiger partial charge on any atom is -0.493 e. The molecule has 0 unspecified atom stereocenters. The molecule has 0 fully saturated rings. The highest BCUT2D eigenvalue weighted by molar-refractivity contribution is 5.91. The summed E-state index contributed by atoms with van der Waals surface area (Å²) >= 11 is 0. The van der Waals surface area contributed by atoms with Gasteiger partial charge in [0.25, 0.3) is 5.91 Å². The number of hydrogen-bond donors (Lipinski definition) is 2. The van der Waals surface area contributed by atoms with Crippen LogP contribution in [0.3, 0.4) is 0 Å². The van der Waals surface area contributed by atoms with Crippen LogP contribution in [-0.2, 0) is 6.61 Å². The first-order valence-electron chi connectivity index (χ1n) is 5.97. The third kappa shape index (κ3) is 3.24. The fraction of sp³-hybridized carbons (Fsp3) is 0.143. The van der Waals surface area contributed by atoms with Crippen molar-refractivity contribution in [2.45, 2.75) is 6.61 Å². The van der Waals surface area contributed by atoms with Crippen molar-refractivity contribution in [3.8, 4) is 11.5 Å². The van der Waals surface area contributed by atoms with Gasteiger partial charge in [0.15, 0.2) is 11.5 Å². The number of hydrogen-bond acceptors (Lipinski definition) is 5. The number of pyridine rings is 1. The molecule has 1 amide bonds. The molecule has 104 valence electrons. The molecule has 6 heteroatoms. The van der Waals surface area contributed by atoms with Gasteiger partial charge in [0, 0.05) is 0 Å². The Labute approximate surface area is 116 Å². The molecule has 1 aromatic carbocycles. The summed E-state index contributed by atoms with van der Waals surface area (Å²) in [5.74, 6) is 5.89. The highest BCUT2D eigenvalue weighted by atomic mass is 16.5. The Kier molecular flexibility index (Phi) is 4.52. The van der Waals surface area contributed by atoms with E-state index < -0.39 is 5.91 Å². The van der Waals surface area contributed by atoms with Gasteiger partial charge in [-0.2, -0.15) is 0 Å². The molecule has 0 saturated heterocycles. The first-order valence-corrected chi connectivity index (χ1v) is 5.97. The van der Waals surface area contributed by atoms with E-state index in [1.165, 1.54) is 0 Å². The Morgan fingerprint density at radius 1 is 1.20 bits per heavy atom. The minimum atomic E-state index is -0.441. The molecule has 6 nitrogen and oxygen atoms in total. The third-order valence-corrected chi connectivity index (χ3v) is 2.62. The number of carbonyl (C=O) groups excluding carboxylic acids is 1. The molecular formula is C14H15N3O3. The van der Waals surface area contributed by atoms with Gasteiger partial charge in [-0.3, -0.25) is 10.2 Å². The molecule has 2 aromatic rings. The number of nitrogens with zero attached hydrogens (tertiary/aromatic N) is 1. The highest BCUT2D eigenvalue weighted by Crippen LogP contribution is 2.26. The lowest BCUT2D eigenvalue weighted by molar-refractivity contribution is 0.0948. The number of nitrogens with two attached hydrogens (primary N) is 1. The lowest BCUT2D eigenvalue weighted by atomic mass is 10.3. The zero-order valence-corrected chi connectivity index (χ0v) is 11.0. The van der Waals surface area contributed by atoms with E-state index in [-0.39, 0.29) is 12.3 Å². The molecule has 0 aliphatic heterocycles. The minimum absolute atomic E-state index is 0.228. The lowest BCUT2D eigenvalue weighted by Gasteiger charge is -2.10. The number of rotatable bonds is 5. The number of nitrogens with one attached hydrogen (secondary N) is 1. The van der Waals surface area contributed by atoms with Crippen LogP contribution in [0, 0.1) is 0 Å². The SMILES string of the molecule is COc1ccccc1OCc1cccc(C(=O)NN)n1. The maximum absolute atomic E-state index is 11.4. The van der Waals surface area contributed by atoms with Gasteiger partial charge in [0.05, 0.1) is 12.8 Å². The van der Waals surface area contributed by atoms with Crippen LogP contribution in [-0.4, -0.2) is 18.0 Å². The number of aromatic nitrogens is 1. The maximum Gasteiger partial charge on any atom is 0.283 e. The average Bonchev–Trinajstić information content (AvgIpc) is 2.52. The monoisotopic (exact) mass is 273 g/mol. The van der Waals surface area contributed by atoms with E-state index in [2.05, 4.69) is 4.98 Å². The Hall–Kier alpha value is -2.60.